The van der Waals surface area contributed by atoms with Crippen molar-refractivity contribution in [1.29, 1.82) is 0 Å². The Morgan fingerprint density at radius 2 is 2.06 bits per heavy atom. The zero-order valence-corrected chi connectivity index (χ0v) is 10.8. The van der Waals surface area contributed by atoms with Gasteiger partial charge in [-0.3, -0.25) is 5.10 Å². The number of halogens is 2. The van der Waals surface area contributed by atoms with Gasteiger partial charge in [-0.1, -0.05) is 0 Å². The molecule has 0 saturated carbocycles. The number of rotatable bonds is 4. The highest BCUT2D eigenvalue weighted by Crippen LogP contribution is 2.22. The van der Waals surface area contributed by atoms with E-state index in [0.717, 1.165) is 12.6 Å². The normalized spacial score (nSPS) is 11.9. The van der Waals surface area contributed by atoms with Crippen molar-refractivity contribution in [1.82, 2.24) is 15.1 Å². The van der Waals surface area contributed by atoms with Crippen molar-refractivity contribution in [3.63, 3.8) is 0 Å². The van der Waals surface area contributed by atoms with Gasteiger partial charge in [0.15, 0.2) is 11.6 Å². The predicted octanol–water partition coefficient (Wildman–Crippen LogP) is 2.72. The molecule has 1 aromatic heterocycles. The lowest BCUT2D eigenvalue weighted by molar-refractivity contribution is 0.277. The van der Waals surface area contributed by atoms with E-state index >= 15 is 0 Å². The average molecular weight is 253 g/mol. The van der Waals surface area contributed by atoms with E-state index in [4.69, 9.17) is 0 Å². The molecule has 0 aliphatic carbocycles. The molecule has 0 fully saturated rings. The van der Waals surface area contributed by atoms with E-state index in [9.17, 15) is 8.78 Å². The number of H-pyrrole nitrogens is 1. The molecule has 3 nitrogen and oxygen atoms in total. The molecule has 0 bridgehead atoms. The topological polar surface area (TPSA) is 31.9 Å². The maximum absolute atomic E-state index is 13.7. The molecular formula is C13H17F2N3. The van der Waals surface area contributed by atoms with Crippen molar-refractivity contribution in [2.75, 3.05) is 13.6 Å². The van der Waals surface area contributed by atoms with Gasteiger partial charge in [-0.15, -0.1) is 0 Å². The first-order valence-electron chi connectivity index (χ1n) is 6.02. The fourth-order valence-corrected chi connectivity index (χ4v) is 1.83. The van der Waals surface area contributed by atoms with Crippen LogP contribution in [-0.2, 0) is 6.42 Å². The van der Waals surface area contributed by atoms with Crippen LogP contribution in [0.5, 0.6) is 0 Å². The van der Waals surface area contributed by atoms with Gasteiger partial charge < -0.3 is 4.90 Å². The first kappa shape index (κ1) is 13.0. The van der Waals surface area contributed by atoms with Crippen LogP contribution in [0.1, 0.15) is 19.5 Å². The molecule has 0 radical (unpaired) electrons. The summed E-state index contributed by atoms with van der Waals surface area (Å²) in [7, 11) is 2.00. The Kier molecular flexibility index (Phi) is 3.61. The lowest BCUT2D eigenvalue weighted by Crippen LogP contribution is -2.28. The first-order chi connectivity index (χ1) is 8.50. The molecule has 2 aromatic rings. The Balaban J connectivity index is 2.26. The summed E-state index contributed by atoms with van der Waals surface area (Å²) in [4.78, 5) is 2.14. The standard InChI is InChI=1S/C13H17F2N3/c1-8(2)18(3)7-6-11-12-10(16-17-11)5-4-9(14)13(12)15/h4-5,8H,6-7H2,1-3H3,(H,16,17). The molecule has 1 aromatic carbocycles. The summed E-state index contributed by atoms with van der Waals surface area (Å²) < 4.78 is 26.9. The van der Waals surface area contributed by atoms with E-state index in [-0.39, 0.29) is 5.39 Å². The second-order valence-corrected chi connectivity index (χ2v) is 4.78. The third-order valence-electron chi connectivity index (χ3n) is 3.28. The highest BCUT2D eigenvalue weighted by Gasteiger charge is 2.14. The van der Waals surface area contributed by atoms with Crippen LogP contribution >= 0.6 is 0 Å². The van der Waals surface area contributed by atoms with E-state index in [1.165, 1.54) is 6.07 Å². The summed E-state index contributed by atoms with van der Waals surface area (Å²) in [5.74, 6) is -1.65. The summed E-state index contributed by atoms with van der Waals surface area (Å²) >= 11 is 0. The summed E-state index contributed by atoms with van der Waals surface area (Å²) in [5.41, 5.74) is 1.12. The minimum atomic E-state index is -0.831. The van der Waals surface area contributed by atoms with E-state index in [2.05, 4.69) is 28.9 Å². The molecule has 18 heavy (non-hydrogen) atoms. The molecule has 0 saturated heterocycles. The first-order valence-corrected chi connectivity index (χ1v) is 6.02. The monoisotopic (exact) mass is 253 g/mol. The molecular weight excluding hydrogens is 236 g/mol. The number of nitrogens with one attached hydrogen (secondary N) is 1. The summed E-state index contributed by atoms with van der Waals surface area (Å²) in [5, 5.41) is 7.06. The van der Waals surface area contributed by atoms with Crippen molar-refractivity contribution < 1.29 is 8.78 Å². The number of benzene rings is 1. The van der Waals surface area contributed by atoms with Crippen LogP contribution in [0.2, 0.25) is 0 Å². The van der Waals surface area contributed by atoms with Gasteiger partial charge in [-0.25, -0.2) is 8.78 Å². The zero-order valence-electron chi connectivity index (χ0n) is 10.8. The molecule has 0 aliphatic rings. The minimum absolute atomic E-state index is 0.271. The van der Waals surface area contributed by atoms with Crippen LogP contribution in [0.25, 0.3) is 10.9 Å². The SMILES string of the molecule is CC(C)N(C)CCc1[nH]nc2ccc(F)c(F)c12. The maximum Gasteiger partial charge on any atom is 0.170 e. The smallest absolute Gasteiger partial charge is 0.170 e. The van der Waals surface area contributed by atoms with Crippen LogP contribution in [0, 0.1) is 11.6 Å². The molecule has 5 heteroatoms. The fourth-order valence-electron chi connectivity index (χ4n) is 1.83. The van der Waals surface area contributed by atoms with Gasteiger partial charge in [0.2, 0.25) is 0 Å². The van der Waals surface area contributed by atoms with Gasteiger partial charge >= 0.3 is 0 Å². The quantitative estimate of drug-likeness (QED) is 0.908. The van der Waals surface area contributed by atoms with Gasteiger partial charge in [-0.2, -0.15) is 5.10 Å². The third-order valence-corrected chi connectivity index (χ3v) is 3.28. The molecule has 1 heterocycles. The Morgan fingerprint density at radius 3 is 2.72 bits per heavy atom. The Labute approximate surface area is 105 Å². The largest absolute Gasteiger partial charge is 0.304 e. The molecule has 98 valence electrons. The summed E-state index contributed by atoms with van der Waals surface area (Å²) in [6.07, 6.45) is 0.617. The van der Waals surface area contributed by atoms with Crippen molar-refractivity contribution in [3.8, 4) is 0 Å². The summed E-state index contributed by atoms with van der Waals surface area (Å²) in [6.45, 7) is 4.95. The van der Waals surface area contributed by atoms with E-state index in [1.54, 1.807) is 0 Å². The Bertz CT molecular complexity index is 548. The van der Waals surface area contributed by atoms with Crippen LogP contribution in [0.15, 0.2) is 12.1 Å². The zero-order chi connectivity index (χ0) is 13.3. The van der Waals surface area contributed by atoms with Gasteiger partial charge in [-0.05, 0) is 33.0 Å². The number of hydrogen-bond donors (Lipinski definition) is 1. The van der Waals surface area contributed by atoms with E-state index in [1.807, 2.05) is 7.05 Å². The number of fused-ring (bicyclic) bond motifs is 1. The highest BCUT2D eigenvalue weighted by atomic mass is 19.2. The number of likely N-dealkylation sites (N-methyl/N-ethyl adjacent to an activating group) is 1. The lowest BCUT2D eigenvalue weighted by Gasteiger charge is -2.20. The number of aromatic nitrogens is 2. The van der Waals surface area contributed by atoms with Crippen molar-refractivity contribution in [2.45, 2.75) is 26.3 Å². The second-order valence-electron chi connectivity index (χ2n) is 4.78. The molecule has 0 unspecified atom stereocenters. The van der Waals surface area contributed by atoms with E-state index < -0.39 is 11.6 Å². The van der Waals surface area contributed by atoms with Crippen molar-refractivity contribution in [3.05, 3.63) is 29.5 Å². The molecule has 1 N–H and O–H groups in total. The van der Waals surface area contributed by atoms with Crippen LogP contribution in [-0.4, -0.2) is 34.7 Å². The molecule has 0 spiro atoms. The molecule has 0 atom stereocenters. The predicted molar refractivity (Wildman–Crippen MR) is 67.5 cm³/mol. The lowest BCUT2D eigenvalue weighted by atomic mass is 10.1. The Morgan fingerprint density at radius 1 is 1.33 bits per heavy atom. The second kappa shape index (κ2) is 5.02. The van der Waals surface area contributed by atoms with E-state index in [0.29, 0.717) is 23.7 Å². The minimum Gasteiger partial charge on any atom is -0.304 e. The van der Waals surface area contributed by atoms with Crippen LogP contribution < -0.4 is 0 Å². The molecule has 0 aliphatic heterocycles. The van der Waals surface area contributed by atoms with Gasteiger partial charge in [0, 0.05) is 24.7 Å². The van der Waals surface area contributed by atoms with Gasteiger partial charge in [0.1, 0.15) is 0 Å². The molecule has 0 amide bonds. The van der Waals surface area contributed by atoms with Crippen LogP contribution in [0.3, 0.4) is 0 Å². The fraction of sp³-hybridized carbons (Fsp3) is 0.462. The van der Waals surface area contributed by atoms with Crippen molar-refractivity contribution in [2.24, 2.45) is 0 Å². The highest BCUT2D eigenvalue weighted by molar-refractivity contribution is 5.82. The number of hydrogen-bond acceptors (Lipinski definition) is 2. The number of aromatic amines is 1. The third kappa shape index (κ3) is 2.36. The number of nitrogens with zero attached hydrogens (tertiary/aromatic N) is 2. The maximum atomic E-state index is 13.7. The summed E-state index contributed by atoms with van der Waals surface area (Å²) in [6, 6.07) is 3.00. The Hall–Kier alpha value is -1.49. The van der Waals surface area contributed by atoms with Crippen LogP contribution in [0.4, 0.5) is 8.78 Å². The van der Waals surface area contributed by atoms with Gasteiger partial charge in [0.05, 0.1) is 10.9 Å². The van der Waals surface area contributed by atoms with Crippen molar-refractivity contribution >= 4 is 10.9 Å². The average Bonchev–Trinajstić information content (AvgIpc) is 2.74. The van der Waals surface area contributed by atoms with Gasteiger partial charge in [0.25, 0.3) is 0 Å². The molecule has 2 rings (SSSR count).